The molecule has 2 aliphatic rings. The first-order valence-corrected chi connectivity index (χ1v) is 10.5. The van der Waals surface area contributed by atoms with Crippen molar-refractivity contribution in [3.05, 3.63) is 29.3 Å². The van der Waals surface area contributed by atoms with Crippen molar-refractivity contribution in [2.45, 2.75) is 89.6 Å². The van der Waals surface area contributed by atoms with Gasteiger partial charge in [0.15, 0.2) is 17.4 Å². The third-order valence-electron chi connectivity index (χ3n) is 6.50. The summed E-state index contributed by atoms with van der Waals surface area (Å²) in [6, 6.07) is 2.32. The zero-order valence-corrected chi connectivity index (χ0v) is 15.9. The fourth-order valence-electron chi connectivity index (χ4n) is 4.97. The molecular weight excluding hydrogens is 356 g/mol. The highest BCUT2D eigenvalue weighted by molar-refractivity contribution is 5.33. The molecule has 27 heavy (non-hydrogen) atoms. The number of alkyl halides is 2. The maximum Gasteiger partial charge on any atom is 0.387 e. The highest BCUT2D eigenvalue weighted by Gasteiger charge is 2.25. The van der Waals surface area contributed by atoms with Crippen LogP contribution in [0.1, 0.15) is 88.5 Å². The van der Waals surface area contributed by atoms with Gasteiger partial charge in [-0.05, 0) is 61.1 Å². The maximum atomic E-state index is 13.9. The van der Waals surface area contributed by atoms with E-state index in [2.05, 4.69) is 4.74 Å². The minimum Gasteiger partial charge on any atom is -0.429 e. The Labute approximate surface area is 159 Å². The number of benzene rings is 1. The Morgan fingerprint density at radius 2 is 1.33 bits per heavy atom. The summed E-state index contributed by atoms with van der Waals surface area (Å²) in [6.45, 7) is -3.23. The van der Waals surface area contributed by atoms with Crippen molar-refractivity contribution in [1.82, 2.24) is 0 Å². The smallest absolute Gasteiger partial charge is 0.387 e. The van der Waals surface area contributed by atoms with Gasteiger partial charge < -0.3 is 4.74 Å². The number of hydrogen-bond acceptors (Lipinski definition) is 1. The van der Waals surface area contributed by atoms with E-state index in [9.17, 15) is 17.6 Å². The van der Waals surface area contributed by atoms with E-state index in [0.29, 0.717) is 11.5 Å². The minimum absolute atomic E-state index is 0.101. The van der Waals surface area contributed by atoms with Crippen LogP contribution >= 0.6 is 0 Å². The molecule has 0 saturated heterocycles. The number of rotatable bonds is 8. The fourth-order valence-corrected chi connectivity index (χ4v) is 4.97. The number of hydrogen-bond donors (Lipinski definition) is 0. The third-order valence-corrected chi connectivity index (χ3v) is 6.50. The lowest BCUT2D eigenvalue weighted by atomic mass is 9.77. The molecule has 0 radical (unpaired) electrons. The monoisotopic (exact) mass is 386 g/mol. The molecule has 0 atom stereocenters. The van der Waals surface area contributed by atoms with E-state index in [1.54, 1.807) is 0 Å². The molecule has 1 aromatic rings. The van der Waals surface area contributed by atoms with Crippen molar-refractivity contribution in [2.75, 3.05) is 0 Å². The van der Waals surface area contributed by atoms with Gasteiger partial charge >= 0.3 is 6.61 Å². The topological polar surface area (TPSA) is 9.23 Å². The van der Waals surface area contributed by atoms with E-state index in [1.165, 1.54) is 51.4 Å². The summed E-state index contributed by atoms with van der Waals surface area (Å²) >= 11 is 0. The van der Waals surface area contributed by atoms with Gasteiger partial charge in [0.2, 0.25) is 0 Å². The van der Waals surface area contributed by atoms with Crippen LogP contribution in [0.3, 0.4) is 0 Å². The van der Waals surface area contributed by atoms with E-state index in [4.69, 9.17) is 0 Å². The lowest BCUT2D eigenvalue weighted by Crippen LogP contribution is -2.14. The molecule has 1 aromatic carbocycles. The molecule has 0 N–H and O–H groups in total. The molecular formula is C22H30F4O. The van der Waals surface area contributed by atoms with Crippen molar-refractivity contribution in [2.24, 2.45) is 11.8 Å². The van der Waals surface area contributed by atoms with Crippen LogP contribution in [0, 0.1) is 23.5 Å². The first-order chi connectivity index (χ1) is 13.0. The van der Waals surface area contributed by atoms with Crippen LogP contribution in [0.5, 0.6) is 5.75 Å². The summed E-state index contributed by atoms with van der Waals surface area (Å²) in [5.74, 6) is -1.30. The molecule has 2 aliphatic carbocycles. The third kappa shape index (κ3) is 5.86. The summed E-state index contributed by atoms with van der Waals surface area (Å²) in [6.07, 6.45) is 14.8. The number of ether oxygens (including phenoxy) is 1. The van der Waals surface area contributed by atoms with Crippen molar-refractivity contribution in [3.63, 3.8) is 0 Å². The van der Waals surface area contributed by atoms with Gasteiger partial charge in [-0.15, -0.1) is 0 Å². The fraction of sp³-hybridized carbons (Fsp3) is 0.727. The van der Waals surface area contributed by atoms with Crippen LogP contribution in [0.4, 0.5) is 17.6 Å². The van der Waals surface area contributed by atoms with Gasteiger partial charge in [-0.25, -0.2) is 8.78 Å². The second kappa shape index (κ2) is 9.79. The molecule has 0 unspecified atom stereocenters. The van der Waals surface area contributed by atoms with Crippen molar-refractivity contribution >= 4 is 0 Å². The molecule has 0 amide bonds. The lowest BCUT2D eigenvalue weighted by molar-refractivity contribution is -0.0546. The first-order valence-electron chi connectivity index (χ1n) is 10.5. The second-order valence-corrected chi connectivity index (χ2v) is 8.34. The quantitative estimate of drug-likeness (QED) is 0.330. The van der Waals surface area contributed by atoms with Crippen LogP contribution in [-0.2, 0) is 0 Å². The normalized spacial score (nSPS) is 23.9. The second-order valence-electron chi connectivity index (χ2n) is 8.34. The van der Waals surface area contributed by atoms with Gasteiger partial charge in [0.25, 0.3) is 0 Å². The van der Waals surface area contributed by atoms with Crippen molar-refractivity contribution in [3.8, 4) is 5.75 Å². The largest absolute Gasteiger partial charge is 0.429 e. The van der Waals surface area contributed by atoms with E-state index < -0.39 is 24.0 Å². The highest BCUT2D eigenvalue weighted by Crippen LogP contribution is 2.40. The van der Waals surface area contributed by atoms with Crippen LogP contribution < -0.4 is 4.74 Å². The average Bonchev–Trinajstić information content (AvgIpc) is 3.15. The predicted molar refractivity (Wildman–Crippen MR) is 98.1 cm³/mol. The number of unbranched alkanes of at least 4 members (excludes halogenated alkanes) is 1. The van der Waals surface area contributed by atoms with E-state index >= 15 is 0 Å². The van der Waals surface area contributed by atoms with E-state index in [1.807, 2.05) is 0 Å². The Kier molecular flexibility index (Phi) is 7.42. The van der Waals surface area contributed by atoms with Crippen LogP contribution in [0.15, 0.2) is 12.1 Å². The molecule has 5 heteroatoms. The van der Waals surface area contributed by atoms with Crippen LogP contribution in [0.2, 0.25) is 0 Å². The number of halogens is 4. The SMILES string of the molecule is Fc1cc([C@H]2CC[C@H](CCCCC3CCCC3)CC2)cc(F)c1OC(F)F. The zero-order chi connectivity index (χ0) is 19.2. The molecule has 0 bridgehead atoms. The van der Waals surface area contributed by atoms with Gasteiger partial charge in [0.1, 0.15) is 0 Å². The molecule has 0 aliphatic heterocycles. The molecule has 2 fully saturated rings. The molecule has 152 valence electrons. The Morgan fingerprint density at radius 3 is 1.85 bits per heavy atom. The summed E-state index contributed by atoms with van der Waals surface area (Å²) in [4.78, 5) is 0. The van der Waals surface area contributed by atoms with Gasteiger partial charge in [0, 0.05) is 0 Å². The van der Waals surface area contributed by atoms with Crippen molar-refractivity contribution < 1.29 is 22.3 Å². The molecule has 3 rings (SSSR count). The summed E-state index contributed by atoms with van der Waals surface area (Å²) in [5.41, 5.74) is 0.561. The molecule has 0 spiro atoms. The molecule has 2 saturated carbocycles. The van der Waals surface area contributed by atoms with Crippen LogP contribution in [0.25, 0.3) is 0 Å². The predicted octanol–water partition coefficient (Wildman–Crippen LogP) is 7.59. The summed E-state index contributed by atoms with van der Waals surface area (Å²) in [7, 11) is 0. The van der Waals surface area contributed by atoms with E-state index in [-0.39, 0.29) is 5.92 Å². The maximum absolute atomic E-state index is 13.9. The average molecular weight is 386 g/mol. The lowest BCUT2D eigenvalue weighted by Gasteiger charge is -2.29. The first kappa shape index (κ1) is 20.5. The van der Waals surface area contributed by atoms with Gasteiger partial charge in [0.05, 0.1) is 0 Å². The van der Waals surface area contributed by atoms with Crippen LogP contribution in [-0.4, -0.2) is 6.61 Å². The molecule has 0 aromatic heterocycles. The Morgan fingerprint density at radius 1 is 0.815 bits per heavy atom. The summed E-state index contributed by atoms with van der Waals surface area (Å²) in [5, 5.41) is 0. The summed E-state index contributed by atoms with van der Waals surface area (Å²) < 4.78 is 56.3. The van der Waals surface area contributed by atoms with Gasteiger partial charge in [-0.2, -0.15) is 8.78 Å². The molecule has 1 nitrogen and oxygen atoms in total. The highest BCUT2D eigenvalue weighted by atomic mass is 19.3. The zero-order valence-electron chi connectivity index (χ0n) is 15.9. The van der Waals surface area contributed by atoms with Gasteiger partial charge in [-0.1, -0.05) is 51.4 Å². The minimum atomic E-state index is -3.23. The Balaban J connectivity index is 1.43. The van der Waals surface area contributed by atoms with Crippen molar-refractivity contribution in [1.29, 1.82) is 0 Å². The van der Waals surface area contributed by atoms with E-state index in [0.717, 1.165) is 43.7 Å². The Bertz CT molecular complexity index is 567. The molecule has 0 heterocycles. The standard InChI is InChI=1S/C22H30F4O/c23-19-13-18(14-20(24)21(19)27-22(25)26)17-11-9-16(10-12-17)8-4-3-7-15-5-1-2-6-15/h13-17,22H,1-12H2/t16-,17-. The van der Waals surface area contributed by atoms with Gasteiger partial charge in [-0.3, -0.25) is 0 Å². The Hall–Kier alpha value is -1.26.